The van der Waals surface area contributed by atoms with Crippen LogP contribution in [0.1, 0.15) is 0 Å². The molecule has 3 nitrogen and oxygen atoms in total. The van der Waals surface area contributed by atoms with Gasteiger partial charge in [0.1, 0.15) is 0 Å². The fraction of sp³-hybridized carbons (Fsp3) is 0. The third-order valence-electron chi connectivity index (χ3n) is 0. The molecule has 0 saturated heterocycles. The first kappa shape index (κ1) is 16.2. The molecule has 0 spiro atoms. The average molecular weight is 324 g/mol. The molecule has 0 aliphatic rings. The monoisotopic (exact) mass is 324 g/mol. The smallest absolute Gasteiger partial charge is 0 e. The molecule has 5 heavy (non-hydrogen) atoms. The van der Waals surface area contributed by atoms with Crippen LogP contribution in [0.2, 0.25) is 0 Å². The van der Waals surface area contributed by atoms with Gasteiger partial charge in [0.05, 0.1) is 0 Å². The second kappa shape index (κ2) is 18.3. The molecule has 5 heteroatoms. The summed E-state index contributed by atoms with van der Waals surface area (Å²) in [5.74, 6) is 0. The standard InChI is InChI=1S/Nb.H2O3.Ta/c;1-3-2;/h;1-2H;. The van der Waals surface area contributed by atoms with Crippen LogP contribution in [0, 0.1) is 0 Å². The molecule has 2 radical (unpaired) electrons. The Morgan fingerprint density at radius 3 is 1.20 bits per heavy atom. The quantitative estimate of drug-likeness (QED) is 0.373. The van der Waals surface area contributed by atoms with Gasteiger partial charge in [-0.2, -0.15) is 0 Å². The van der Waals surface area contributed by atoms with Crippen LogP contribution >= 0.6 is 0 Å². The maximum atomic E-state index is 6.62. The van der Waals surface area contributed by atoms with Crippen LogP contribution in [-0.4, -0.2) is 10.5 Å². The molecule has 0 aliphatic heterocycles. The molecule has 0 aromatic heterocycles. The Bertz CT molecular complexity index is 6.85. The first-order valence-electron chi connectivity index (χ1n) is 0.365. The second-order valence-corrected chi connectivity index (χ2v) is 0.0816. The summed E-state index contributed by atoms with van der Waals surface area (Å²) in [6.45, 7) is 0. The first-order valence-corrected chi connectivity index (χ1v) is 0.365. The molecule has 30 valence electrons. The summed E-state index contributed by atoms with van der Waals surface area (Å²) < 4.78 is 0. The van der Waals surface area contributed by atoms with E-state index in [1.54, 1.807) is 0 Å². The third-order valence-corrected chi connectivity index (χ3v) is 0. The molecule has 0 heterocycles. The Labute approximate surface area is 60.2 Å². The number of hydrogen-bond acceptors (Lipinski definition) is 3. The molecule has 0 aromatic rings. The van der Waals surface area contributed by atoms with Crippen molar-refractivity contribution in [2.75, 3.05) is 0 Å². The van der Waals surface area contributed by atoms with Crippen LogP contribution in [0.15, 0.2) is 0 Å². The summed E-state index contributed by atoms with van der Waals surface area (Å²) in [5, 5.41) is 15.5. The molecule has 0 saturated carbocycles. The van der Waals surface area contributed by atoms with Crippen molar-refractivity contribution in [2.45, 2.75) is 0 Å². The van der Waals surface area contributed by atoms with Gasteiger partial charge in [0, 0.05) is 44.8 Å². The Kier molecular flexibility index (Phi) is 59.2. The fourth-order valence-corrected chi connectivity index (χ4v) is 0. The zero-order valence-corrected chi connectivity index (χ0v) is 7.61. The summed E-state index contributed by atoms with van der Waals surface area (Å²) in [6, 6.07) is 0. The Hall–Kier alpha value is 1.36. The Morgan fingerprint density at radius 1 is 1.20 bits per heavy atom. The van der Waals surface area contributed by atoms with Gasteiger partial charge in [-0.3, -0.25) is 0 Å². The minimum absolute atomic E-state index is 0. The van der Waals surface area contributed by atoms with Crippen molar-refractivity contribution in [2.24, 2.45) is 0 Å². The van der Waals surface area contributed by atoms with Crippen molar-refractivity contribution in [3.05, 3.63) is 0 Å². The van der Waals surface area contributed by atoms with Crippen LogP contribution in [-0.2, 0) is 49.8 Å². The summed E-state index contributed by atoms with van der Waals surface area (Å²) in [5.41, 5.74) is 0. The van der Waals surface area contributed by atoms with Gasteiger partial charge in [-0.05, 0) is 0 Å². The molecule has 2 N–H and O–H groups in total. The normalized spacial score (nSPS) is 3.60. The maximum absolute atomic E-state index is 6.62. The summed E-state index contributed by atoms with van der Waals surface area (Å²) >= 11 is 0. The van der Waals surface area contributed by atoms with Crippen LogP contribution in [0.3, 0.4) is 0 Å². The topological polar surface area (TPSA) is 49.7 Å². The van der Waals surface area contributed by atoms with Gasteiger partial charge in [0.15, 0.2) is 0 Å². The van der Waals surface area contributed by atoms with Gasteiger partial charge in [-0.25, -0.2) is 10.5 Å². The van der Waals surface area contributed by atoms with Crippen molar-refractivity contribution in [3.8, 4) is 0 Å². The van der Waals surface area contributed by atoms with Crippen molar-refractivity contribution < 1.29 is 60.3 Å². The minimum Gasteiger partial charge on any atom is -0.221 e. The first-order chi connectivity index (χ1) is 1.41. The van der Waals surface area contributed by atoms with Gasteiger partial charge < -0.3 is 0 Å². The van der Waals surface area contributed by atoms with Gasteiger partial charge in [0.2, 0.25) is 0 Å². The molecule has 0 amide bonds. The Balaban J connectivity index is -0.0000000200. The van der Waals surface area contributed by atoms with Crippen molar-refractivity contribution in [1.82, 2.24) is 0 Å². The summed E-state index contributed by atoms with van der Waals surface area (Å²) in [6.07, 6.45) is 0. The molecule has 0 atom stereocenters. The van der Waals surface area contributed by atoms with E-state index in [4.69, 9.17) is 10.5 Å². The van der Waals surface area contributed by atoms with E-state index < -0.39 is 0 Å². The van der Waals surface area contributed by atoms with E-state index in [2.05, 4.69) is 5.04 Å². The van der Waals surface area contributed by atoms with E-state index in [0.717, 1.165) is 0 Å². The molecule has 0 aromatic carbocycles. The second-order valence-electron chi connectivity index (χ2n) is 0.0816. The largest absolute Gasteiger partial charge is 0.221 e. The maximum Gasteiger partial charge on any atom is 0 e. The zero-order valence-electron chi connectivity index (χ0n) is 2.20. The van der Waals surface area contributed by atoms with Crippen LogP contribution in [0.25, 0.3) is 0 Å². The van der Waals surface area contributed by atoms with Crippen molar-refractivity contribution in [3.63, 3.8) is 0 Å². The fourth-order valence-electron chi connectivity index (χ4n) is 0. The molecule has 0 rings (SSSR count). The molecule has 0 aliphatic carbocycles. The van der Waals surface area contributed by atoms with Gasteiger partial charge in [0.25, 0.3) is 0 Å². The summed E-state index contributed by atoms with van der Waals surface area (Å²) in [4.78, 5) is 0. The minimum atomic E-state index is 0. The van der Waals surface area contributed by atoms with Gasteiger partial charge in [-0.1, -0.05) is 5.04 Å². The van der Waals surface area contributed by atoms with Crippen LogP contribution in [0.4, 0.5) is 0 Å². The molecule has 0 bridgehead atoms. The average Bonchev–Trinajstić information content (AvgIpc) is 0.918. The SMILES string of the molecule is OOO.[Nb].[Ta]. The Morgan fingerprint density at radius 2 is 1.20 bits per heavy atom. The van der Waals surface area contributed by atoms with Crippen LogP contribution in [0.5, 0.6) is 0 Å². The summed E-state index contributed by atoms with van der Waals surface area (Å²) in [7, 11) is 0. The third kappa shape index (κ3) is 32.7. The predicted octanol–water partition coefficient (Wildman–Crippen LogP) is -0.0560. The van der Waals surface area contributed by atoms with E-state index in [1.807, 2.05) is 0 Å². The molecular formula is H2NbO3Ta. The predicted molar refractivity (Wildman–Crippen MR) is 6.34 cm³/mol. The van der Waals surface area contributed by atoms with Gasteiger partial charge >= 0.3 is 0 Å². The zero-order chi connectivity index (χ0) is 2.71. The number of hydrogen-bond donors (Lipinski definition) is 2. The van der Waals surface area contributed by atoms with Crippen molar-refractivity contribution >= 4 is 0 Å². The van der Waals surface area contributed by atoms with Crippen LogP contribution < -0.4 is 0 Å². The molecule has 0 unspecified atom stereocenters. The van der Waals surface area contributed by atoms with E-state index in [9.17, 15) is 0 Å². The van der Waals surface area contributed by atoms with E-state index >= 15 is 0 Å². The molecule has 0 fully saturated rings. The van der Waals surface area contributed by atoms with Crippen molar-refractivity contribution in [1.29, 1.82) is 0 Å². The molecular weight excluding hydrogens is 322 g/mol. The van der Waals surface area contributed by atoms with E-state index in [1.165, 1.54) is 0 Å². The number of rotatable bonds is 0. The van der Waals surface area contributed by atoms with E-state index in [-0.39, 0.29) is 44.8 Å². The van der Waals surface area contributed by atoms with E-state index in [0.29, 0.717) is 0 Å². The van der Waals surface area contributed by atoms with Gasteiger partial charge in [-0.15, -0.1) is 0 Å².